The van der Waals surface area contributed by atoms with Crippen molar-refractivity contribution in [2.45, 2.75) is 57.0 Å². The molecule has 4 unspecified atom stereocenters. The maximum absolute atomic E-state index is 15.8. The summed E-state index contributed by atoms with van der Waals surface area (Å²) in [5.41, 5.74) is -0.554. The van der Waals surface area contributed by atoms with Crippen LogP contribution in [0.5, 0.6) is 0 Å². The van der Waals surface area contributed by atoms with E-state index >= 15 is 4.39 Å². The molecule has 0 aromatic carbocycles. The van der Waals surface area contributed by atoms with Gasteiger partial charge in [0.1, 0.15) is 11.0 Å². The molecule has 0 bridgehead atoms. The van der Waals surface area contributed by atoms with Crippen molar-refractivity contribution >= 4 is 11.3 Å². The Hall–Kier alpha value is -1.97. The van der Waals surface area contributed by atoms with Crippen molar-refractivity contribution in [2.75, 3.05) is 26.8 Å². The molecule has 1 saturated heterocycles. The number of H-pyrrole nitrogens is 1. The molecular weight excluding hydrogens is 393 g/mol. The highest BCUT2D eigenvalue weighted by Crippen LogP contribution is 2.58. The number of nitrogens with zero attached hydrogens (tertiary/aromatic N) is 2. The molecule has 3 aliphatic carbocycles. The maximum atomic E-state index is 15.8. The van der Waals surface area contributed by atoms with Gasteiger partial charge in [-0.05, 0) is 43.6 Å². The fraction of sp³-hybridized carbons (Fsp3) is 0.714. The molecule has 1 aromatic heterocycles. The van der Waals surface area contributed by atoms with Gasteiger partial charge in [0.15, 0.2) is 6.17 Å². The van der Waals surface area contributed by atoms with Gasteiger partial charge in [0, 0.05) is 25.0 Å². The summed E-state index contributed by atoms with van der Waals surface area (Å²) >= 11 is 0. The zero-order valence-corrected chi connectivity index (χ0v) is 17.2. The van der Waals surface area contributed by atoms with E-state index in [1.54, 1.807) is 11.5 Å². The van der Waals surface area contributed by atoms with Gasteiger partial charge in [-0.1, -0.05) is 0 Å². The van der Waals surface area contributed by atoms with Crippen molar-refractivity contribution in [2.24, 2.45) is 11.3 Å². The molecule has 164 valence electrons. The molecule has 5 rings (SSSR count). The first kappa shape index (κ1) is 20.0. The molecule has 0 amide bonds. The van der Waals surface area contributed by atoms with Crippen LogP contribution in [0.3, 0.4) is 0 Å². The molecule has 8 nitrogen and oxygen atoms in total. The lowest BCUT2D eigenvalue weighted by Crippen LogP contribution is -2.61. The van der Waals surface area contributed by atoms with Crippen molar-refractivity contribution in [1.29, 1.82) is 0 Å². The number of fused-ring (bicyclic) bond motifs is 1. The predicted octanol–water partition coefficient (Wildman–Crippen LogP) is -1.42. The molecule has 9 heteroatoms. The van der Waals surface area contributed by atoms with E-state index in [0.717, 1.165) is 25.7 Å². The number of rotatable bonds is 5. The number of halogens is 1. The minimum atomic E-state index is -1.56. The van der Waals surface area contributed by atoms with E-state index < -0.39 is 29.6 Å². The van der Waals surface area contributed by atoms with E-state index in [1.807, 2.05) is 4.90 Å². The molecule has 1 aromatic rings. The first-order chi connectivity index (χ1) is 14.3. The SMILES string of the molecule is COC1=c2c(=O)[nH]c(=O)n(C3CC3)c2=C(C)C(N2CC(C(O)CO)C3(CC3)C2)C1F. The number of alkyl halides is 1. The van der Waals surface area contributed by atoms with Gasteiger partial charge < -0.3 is 14.9 Å². The van der Waals surface area contributed by atoms with Crippen molar-refractivity contribution in [3.63, 3.8) is 0 Å². The summed E-state index contributed by atoms with van der Waals surface area (Å²) in [4.78, 5) is 29.6. The van der Waals surface area contributed by atoms with E-state index in [4.69, 9.17) is 4.74 Å². The number of nitrogens with one attached hydrogen (secondary N) is 1. The molecule has 1 aliphatic heterocycles. The number of ether oxygens (including phenoxy) is 1. The van der Waals surface area contributed by atoms with Crippen molar-refractivity contribution in [3.05, 3.63) is 31.4 Å². The summed E-state index contributed by atoms with van der Waals surface area (Å²) in [5.74, 6) is -0.174. The molecular formula is C21H28FN3O5. The highest BCUT2D eigenvalue weighted by molar-refractivity contribution is 5.61. The van der Waals surface area contributed by atoms with Gasteiger partial charge in [0.25, 0.3) is 5.56 Å². The fourth-order valence-electron chi connectivity index (χ4n) is 5.75. The molecule has 4 atom stereocenters. The number of hydrogen-bond donors (Lipinski definition) is 3. The van der Waals surface area contributed by atoms with Crippen molar-refractivity contribution < 1.29 is 19.3 Å². The second-order valence-electron chi connectivity index (χ2n) is 9.33. The Balaban J connectivity index is 1.69. The quantitative estimate of drug-likeness (QED) is 0.539. The minimum absolute atomic E-state index is 0.00489. The topological polar surface area (TPSA) is 108 Å². The van der Waals surface area contributed by atoms with E-state index in [1.165, 1.54) is 7.11 Å². The normalized spacial score (nSPS) is 31.2. The third-order valence-corrected chi connectivity index (χ3v) is 7.54. The second kappa shape index (κ2) is 6.77. The van der Waals surface area contributed by atoms with Crippen LogP contribution in [0.25, 0.3) is 11.3 Å². The largest absolute Gasteiger partial charge is 0.497 e. The summed E-state index contributed by atoms with van der Waals surface area (Å²) in [6.07, 6.45) is 1.17. The van der Waals surface area contributed by atoms with E-state index in [-0.39, 0.29) is 35.0 Å². The predicted molar refractivity (Wildman–Crippen MR) is 107 cm³/mol. The monoisotopic (exact) mass is 421 g/mol. The number of aliphatic hydroxyl groups excluding tert-OH is 2. The number of aromatic nitrogens is 2. The lowest BCUT2D eigenvalue weighted by molar-refractivity contribution is 0.0304. The first-order valence-electron chi connectivity index (χ1n) is 10.6. The van der Waals surface area contributed by atoms with Crippen LogP contribution in [-0.2, 0) is 4.74 Å². The molecule has 2 heterocycles. The van der Waals surface area contributed by atoms with Gasteiger partial charge in [-0.25, -0.2) is 9.18 Å². The van der Waals surface area contributed by atoms with Gasteiger partial charge in [-0.3, -0.25) is 19.2 Å². The van der Waals surface area contributed by atoms with Gasteiger partial charge in [-0.15, -0.1) is 0 Å². The van der Waals surface area contributed by atoms with E-state index in [2.05, 4.69) is 4.98 Å². The summed E-state index contributed by atoms with van der Waals surface area (Å²) in [6, 6.07) is -0.683. The molecule has 2 saturated carbocycles. The molecule has 1 spiro atoms. The Bertz CT molecular complexity index is 1120. The zero-order chi connectivity index (χ0) is 21.4. The van der Waals surface area contributed by atoms with Crippen LogP contribution in [0.2, 0.25) is 0 Å². The number of methoxy groups -OCH3 is 1. The summed E-state index contributed by atoms with van der Waals surface area (Å²) in [7, 11) is 1.35. The smallest absolute Gasteiger partial charge is 0.329 e. The second-order valence-corrected chi connectivity index (χ2v) is 9.33. The molecule has 0 radical (unpaired) electrons. The Morgan fingerprint density at radius 3 is 2.60 bits per heavy atom. The van der Waals surface area contributed by atoms with Gasteiger partial charge in [0.05, 0.1) is 31.2 Å². The van der Waals surface area contributed by atoms with Crippen LogP contribution >= 0.6 is 0 Å². The standard InChI is InChI=1S/C21H28FN3O5/c1-10-16-14(19(28)23-20(29)25(16)11-3-4-11)18(30-2)15(22)17(10)24-7-12(13(27)8-26)21(9-24)5-6-21/h11-13,15,17,26-27H,3-9H2,1-2H3,(H,23,28,29). The maximum Gasteiger partial charge on any atom is 0.329 e. The minimum Gasteiger partial charge on any atom is -0.497 e. The molecule has 3 N–H and O–H groups in total. The van der Waals surface area contributed by atoms with Gasteiger partial charge in [0.2, 0.25) is 0 Å². The highest BCUT2D eigenvalue weighted by atomic mass is 19.1. The number of aromatic amines is 1. The lowest BCUT2D eigenvalue weighted by Gasteiger charge is -2.35. The van der Waals surface area contributed by atoms with Crippen LogP contribution < -0.4 is 21.8 Å². The number of hydrogen-bond acceptors (Lipinski definition) is 6. The average molecular weight is 421 g/mol. The molecule has 4 aliphatic rings. The van der Waals surface area contributed by atoms with Gasteiger partial charge >= 0.3 is 5.69 Å². The number of aliphatic hydroxyl groups is 2. The molecule has 3 fully saturated rings. The molecule has 30 heavy (non-hydrogen) atoms. The Morgan fingerprint density at radius 2 is 2.03 bits per heavy atom. The van der Waals surface area contributed by atoms with E-state index in [0.29, 0.717) is 24.0 Å². The number of likely N-dealkylation sites (tertiary alicyclic amines) is 1. The zero-order valence-electron chi connectivity index (χ0n) is 17.2. The van der Waals surface area contributed by atoms with Crippen LogP contribution in [0.15, 0.2) is 9.59 Å². The van der Waals surface area contributed by atoms with E-state index in [9.17, 15) is 19.8 Å². The summed E-state index contributed by atoms with van der Waals surface area (Å²) < 4.78 is 22.8. The van der Waals surface area contributed by atoms with Gasteiger partial charge in [-0.2, -0.15) is 0 Å². The third kappa shape index (κ3) is 2.75. The lowest BCUT2D eigenvalue weighted by atomic mass is 9.88. The van der Waals surface area contributed by atoms with Crippen molar-refractivity contribution in [1.82, 2.24) is 14.5 Å². The Labute approximate surface area is 172 Å². The fourth-order valence-corrected chi connectivity index (χ4v) is 5.75. The van der Waals surface area contributed by atoms with Crippen LogP contribution in [0.1, 0.15) is 38.6 Å². The highest BCUT2D eigenvalue weighted by Gasteiger charge is 2.59. The van der Waals surface area contributed by atoms with Crippen LogP contribution in [0, 0.1) is 11.3 Å². The average Bonchev–Trinajstić information content (AvgIpc) is 3.62. The Kier molecular flexibility index (Phi) is 4.50. The summed E-state index contributed by atoms with van der Waals surface area (Å²) in [5, 5.41) is 20.4. The van der Waals surface area contributed by atoms with Crippen LogP contribution in [-0.4, -0.2) is 69.8 Å². The Morgan fingerprint density at radius 1 is 1.33 bits per heavy atom. The third-order valence-electron chi connectivity index (χ3n) is 7.54. The first-order valence-corrected chi connectivity index (χ1v) is 10.6. The van der Waals surface area contributed by atoms with Crippen molar-refractivity contribution in [3.8, 4) is 0 Å². The summed E-state index contributed by atoms with van der Waals surface area (Å²) in [6.45, 7) is 2.53. The van der Waals surface area contributed by atoms with Crippen LogP contribution in [0.4, 0.5) is 4.39 Å².